The minimum Gasteiger partial charge on any atom is -0.375 e. The van der Waals surface area contributed by atoms with Crippen molar-refractivity contribution >= 4 is 0 Å². The first-order chi connectivity index (χ1) is 8.05. The van der Waals surface area contributed by atoms with E-state index >= 15 is 0 Å². The van der Waals surface area contributed by atoms with Crippen LogP contribution < -0.4 is 0 Å². The molecule has 0 amide bonds. The van der Waals surface area contributed by atoms with Crippen molar-refractivity contribution in [1.82, 2.24) is 9.80 Å². The molecule has 4 nitrogen and oxygen atoms in total. The molecule has 0 saturated carbocycles. The molecule has 2 heterocycles. The molecule has 0 aromatic heterocycles. The maximum atomic E-state index is 9.63. The quantitative estimate of drug-likeness (QED) is 0.684. The number of rotatable bonds is 1. The van der Waals surface area contributed by atoms with Crippen LogP contribution in [0.2, 0.25) is 0 Å². The number of ether oxygens (including phenoxy) is 1. The molecule has 2 unspecified atom stereocenters. The van der Waals surface area contributed by atoms with Crippen LogP contribution in [0, 0.1) is 11.3 Å². The van der Waals surface area contributed by atoms with Crippen LogP contribution in [0.5, 0.6) is 0 Å². The van der Waals surface area contributed by atoms with Gasteiger partial charge in [0.05, 0.1) is 18.3 Å². The van der Waals surface area contributed by atoms with Gasteiger partial charge in [-0.25, -0.2) is 0 Å². The largest absolute Gasteiger partial charge is 0.375 e. The molecule has 4 heteroatoms. The van der Waals surface area contributed by atoms with E-state index in [4.69, 9.17) is 4.74 Å². The van der Waals surface area contributed by atoms with Gasteiger partial charge in [0.2, 0.25) is 0 Å². The van der Waals surface area contributed by atoms with E-state index < -0.39 is 0 Å². The molecule has 2 rings (SSSR count). The summed E-state index contributed by atoms with van der Waals surface area (Å²) in [6.45, 7) is 8.29. The molecule has 2 aliphatic heterocycles. The predicted octanol–water partition coefficient (Wildman–Crippen LogP) is 1.08. The Bertz CT molecular complexity index is 294. The van der Waals surface area contributed by atoms with Crippen LogP contribution in [0.3, 0.4) is 0 Å². The van der Waals surface area contributed by atoms with Gasteiger partial charge in [0.25, 0.3) is 0 Å². The van der Waals surface area contributed by atoms with Crippen LogP contribution in [0.4, 0.5) is 0 Å². The number of nitrogens with zero attached hydrogens (tertiary/aromatic N) is 3. The van der Waals surface area contributed by atoms with E-state index in [2.05, 4.69) is 36.8 Å². The van der Waals surface area contributed by atoms with Crippen LogP contribution in [-0.2, 0) is 4.74 Å². The first-order valence-corrected chi connectivity index (χ1v) is 6.56. The summed E-state index contributed by atoms with van der Waals surface area (Å²) in [5, 5.41) is 9.63. The lowest BCUT2D eigenvalue weighted by Gasteiger charge is -2.48. The number of likely N-dealkylation sites (N-methyl/N-ethyl adjacent to an activating group) is 1. The summed E-state index contributed by atoms with van der Waals surface area (Å²) >= 11 is 0. The summed E-state index contributed by atoms with van der Waals surface area (Å²) in [6.07, 6.45) is 2.07. The minimum atomic E-state index is -0.293. The molecule has 2 fully saturated rings. The molecule has 96 valence electrons. The molecule has 0 radical (unpaired) electrons. The zero-order valence-corrected chi connectivity index (χ0v) is 11.1. The van der Waals surface area contributed by atoms with Crippen LogP contribution in [-0.4, -0.2) is 60.8 Å². The SMILES string of the molecule is CC1CC(C#N)(N2CCN(C)CC2)CC(C)O1. The maximum Gasteiger partial charge on any atom is 0.114 e. The lowest BCUT2D eigenvalue weighted by molar-refractivity contribution is -0.0932. The van der Waals surface area contributed by atoms with Gasteiger partial charge in [-0.3, -0.25) is 4.90 Å². The fourth-order valence-corrected chi connectivity index (χ4v) is 3.18. The van der Waals surface area contributed by atoms with Crippen LogP contribution in [0.15, 0.2) is 0 Å². The number of nitriles is 1. The summed E-state index contributed by atoms with van der Waals surface area (Å²) in [6, 6.07) is 2.59. The fraction of sp³-hybridized carbons (Fsp3) is 0.923. The normalized spacial score (nSPS) is 41.1. The molecule has 0 aromatic rings. The first kappa shape index (κ1) is 12.8. The van der Waals surface area contributed by atoms with Crippen molar-refractivity contribution in [3.8, 4) is 6.07 Å². The third kappa shape index (κ3) is 2.62. The zero-order chi connectivity index (χ0) is 12.5. The molecule has 2 aliphatic rings. The van der Waals surface area contributed by atoms with Gasteiger partial charge in [-0.15, -0.1) is 0 Å². The van der Waals surface area contributed by atoms with Crippen molar-refractivity contribution in [3.05, 3.63) is 0 Å². The van der Waals surface area contributed by atoms with E-state index in [0.29, 0.717) is 0 Å². The molecule has 17 heavy (non-hydrogen) atoms. The minimum absolute atomic E-state index is 0.193. The Morgan fingerprint density at radius 2 is 1.65 bits per heavy atom. The van der Waals surface area contributed by atoms with Gasteiger partial charge in [-0.2, -0.15) is 5.26 Å². The summed E-state index contributed by atoms with van der Waals surface area (Å²) < 4.78 is 5.77. The summed E-state index contributed by atoms with van der Waals surface area (Å²) in [5.41, 5.74) is -0.293. The van der Waals surface area contributed by atoms with Crippen molar-refractivity contribution in [2.24, 2.45) is 0 Å². The molecule has 0 N–H and O–H groups in total. The Kier molecular flexibility index (Phi) is 3.72. The summed E-state index contributed by atoms with van der Waals surface area (Å²) in [4.78, 5) is 4.70. The predicted molar refractivity (Wildman–Crippen MR) is 66.7 cm³/mol. The van der Waals surface area contributed by atoms with E-state index in [-0.39, 0.29) is 17.7 Å². The molecule has 2 atom stereocenters. The van der Waals surface area contributed by atoms with Crippen LogP contribution in [0.1, 0.15) is 26.7 Å². The van der Waals surface area contributed by atoms with E-state index in [1.807, 2.05) is 0 Å². The second-order valence-electron chi connectivity index (χ2n) is 5.60. The van der Waals surface area contributed by atoms with Crippen molar-refractivity contribution < 1.29 is 4.74 Å². The monoisotopic (exact) mass is 237 g/mol. The molecule has 0 bridgehead atoms. The van der Waals surface area contributed by atoms with Crippen molar-refractivity contribution in [2.45, 2.75) is 44.4 Å². The van der Waals surface area contributed by atoms with Gasteiger partial charge in [-0.1, -0.05) is 0 Å². The van der Waals surface area contributed by atoms with Gasteiger partial charge in [-0.05, 0) is 20.9 Å². The Morgan fingerprint density at radius 3 is 2.12 bits per heavy atom. The smallest absolute Gasteiger partial charge is 0.114 e. The molecule has 2 saturated heterocycles. The maximum absolute atomic E-state index is 9.63. The van der Waals surface area contributed by atoms with Gasteiger partial charge < -0.3 is 9.64 Å². The number of hydrogen-bond donors (Lipinski definition) is 0. The van der Waals surface area contributed by atoms with E-state index in [9.17, 15) is 5.26 Å². The van der Waals surface area contributed by atoms with Crippen molar-refractivity contribution in [1.29, 1.82) is 5.26 Å². The lowest BCUT2D eigenvalue weighted by Crippen LogP contribution is -2.59. The zero-order valence-electron chi connectivity index (χ0n) is 11.1. The second-order valence-corrected chi connectivity index (χ2v) is 5.60. The van der Waals surface area contributed by atoms with Crippen molar-refractivity contribution in [2.75, 3.05) is 33.2 Å². The van der Waals surface area contributed by atoms with Crippen molar-refractivity contribution in [3.63, 3.8) is 0 Å². The number of piperazine rings is 1. The van der Waals surface area contributed by atoms with E-state index in [1.165, 1.54) is 0 Å². The lowest BCUT2D eigenvalue weighted by atomic mass is 9.83. The molecule has 0 aromatic carbocycles. The van der Waals surface area contributed by atoms with Gasteiger partial charge in [0.1, 0.15) is 5.54 Å². The highest BCUT2D eigenvalue weighted by molar-refractivity contribution is 5.12. The fourth-order valence-electron chi connectivity index (χ4n) is 3.18. The Morgan fingerprint density at radius 1 is 1.12 bits per heavy atom. The molecular formula is C13H23N3O. The second kappa shape index (κ2) is 4.93. The molecule has 0 aliphatic carbocycles. The topological polar surface area (TPSA) is 39.5 Å². The van der Waals surface area contributed by atoms with Gasteiger partial charge in [0, 0.05) is 39.0 Å². The van der Waals surface area contributed by atoms with E-state index in [1.54, 1.807) is 0 Å². The number of hydrogen-bond acceptors (Lipinski definition) is 4. The highest BCUT2D eigenvalue weighted by Crippen LogP contribution is 2.34. The third-order valence-electron chi connectivity index (χ3n) is 4.03. The third-order valence-corrected chi connectivity index (χ3v) is 4.03. The Hall–Kier alpha value is -0.630. The van der Waals surface area contributed by atoms with E-state index in [0.717, 1.165) is 39.0 Å². The van der Waals surface area contributed by atoms with Gasteiger partial charge in [0.15, 0.2) is 0 Å². The average molecular weight is 237 g/mol. The Labute approximate surface area is 104 Å². The molecule has 0 spiro atoms. The highest BCUT2D eigenvalue weighted by atomic mass is 16.5. The molecular weight excluding hydrogens is 214 g/mol. The van der Waals surface area contributed by atoms with Gasteiger partial charge >= 0.3 is 0 Å². The average Bonchev–Trinajstić information content (AvgIpc) is 2.28. The standard InChI is InChI=1S/C13H23N3O/c1-11-8-13(10-14,9-12(2)17-11)16-6-4-15(3)5-7-16/h11-12H,4-9H2,1-3H3. The Balaban J connectivity index is 2.11. The summed E-state index contributed by atoms with van der Waals surface area (Å²) in [7, 11) is 2.14. The first-order valence-electron chi connectivity index (χ1n) is 6.56. The van der Waals surface area contributed by atoms with Crippen LogP contribution >= 0.6 is 0 Å². The van der Waals surface area contributed by atoms with Crippen LogP contribution in [0.25, 0.3) is 0 Å². The summed E-state index contributed by atoms with van der Waals surface area (Å²) in [5.74, 6) is 0. The highest BCUT2D eigenvalue weighted by Gasteiger charge is 2.44.